The van der Waals surface area contributed by atoms with E-state index in [0.29, 0.717) is 0 Å². The van der Waals surface area contributed by atoms with E-state index in [-0.39, 0.29) is 0 Å². The molecule has 0 aromatic heterocycles. The van der Waals surface area contributed by atoms with Gasteiger partial charge in [-0.3, -0.25) is 0 Å². The highest BCUT2D eigenvalue weighted by Gasteiger charge is 2.00. The molecule has 0 saturated carbocycles. The van der Waals surface area contributed by atoms with Gasteiger partial charge < -0.3 is 0 Å². The Morgan fingerprint density at radius 1 is 1.00 bits per heavy atom. The first-order valence-corrected chi connectivity index (χ1v) is 4.70. The van der Waals surface area contributed by atoms with Crippen molar-refractivity contribution in [1.82, 2.24) is 10.9 Å². The summed E-state index contributed by atoms with van der Waals surface area (Å²) in [7, 11) is 0. The molecule has 0 fully saturated rings. The van der Waals surface area contributed by atoms with E-state index >= 15 is 0 Å². The van der Waals surface area contributed by atoms with Crippen molar-refractivity contribution in [3.8, 4) is 0 Å². The summed E-state index contributed by atoms with van der Waals surface area (Å²) in [6.45, 7) is 5.96. The van der Waals surface area contributed by atoms with Crippen LogP contribution in [0.25, 0.3) is 0 Å². The minimum atomic E-state index is 0.905. The van der Waals surface area contributed by atoms with Gasteiger partial charge in [0.15, 0.2) is 0 Å². The molecule has 0 saturated heterocycles. The molecule has 0 spiro atoms. The maximum Gasteiger partial charge on any atom is 0.0702 e. The van der Waals surface area contributed by atoms with E-state index in [9.17, 15) is 0 Å². The van der Waals surface area contributed by atoms with Crippen LogP contribution < -0.4 is 16.0 Å². The molecule has 0 atom stereocenters. The highest BCUT2D eigenvalue weighted by molar-refractivity contribution is 5.43. The van der Waals surface area contributed by atoms with Crippen molar-refractivity contribution >= 4 is 5.69 Å². The van der Waals surface area contributed by atoms with Crippen LogP contribution in [0.5, 0.6) is 0 Å². The number of rotatable bonds is 5. The fourth-order valence-electron chi connectivity index (χ4n) is 1.13. The fourth-order valence-corrected chi connectivity index (χ4v) is 1.13. The molecule has 1 rings (SSSR count). The van der Waals surface area contributed by atoms with Gasteiger partial charge >= 0.3 is 0 Å². The van der Waals surface area contributed by atoms with Crippen LogP contribution in [0.3, 0.4) is 0 Å². The molecule has 72 valence electrons. The summed E-state index contributed by atoms with van der Waals surface area (Å²) in [5.74, 6) is 0. The second kappa shape index (κ2) is 5.56. The van der Waals surface area contributed by atoms with Gasteiger partial charge in [0.25, 0.3) is 0 Å². The highest BCUT2D eigenvalue weighted by atomic mass is 15.7. The maximum absolute atomic E-state index is 3.22. The second-order valence-corrected chi connectivity index (χ2v) is 2.69. The number of nitrogens with one attached hydrogen (secondary N) is 2. The SMILES string of the molecule is CCNN(NCC)c1ccccc1. The van der Waals surface area contributed by atoms with Gasteiger partial charge in [-0.25, -0.2) is 16.0 Å². The Kier molecular flexibility index (Phi) is 4.29. The molecular formula is C10H17N3. The third-order valence-electron chi connectivity index (χ3n) is 1.65. The lowest BCUT2D eigenvalue weighted by Crippen LogP contribution is -2.48. The lowest BCUT2D eigenvalue weighted by molar-refractivity contribution is 0.550. The number of anilines is 1. The van der Waals surface area contributed by atoms with Crippen molar-refractivity contribution in [1.29, 1.82) is 0 Å². The first kappa shape index (κ1) is 10.0. The Bertz CT molecular complexity index is 217. The molecule has 1 aromatic rings. The standard InChI is InChI=1S/C10H17N3/c1-3-11-13(12-4-2)10-8-6-5-7-9-10/h5-9,11-12H,3-4H2,1-2H3. The number of hydrogen-bond donors (Lipinski definition) is 2. The van der Waals surface area contributed by atoms with E-state index in [1.165, 1.54) is 0 Å². The number of para-hydroxylation sites is 1. The minimum absolute atomic E-state index is 0.905. The van der Waals surface area contributed by atoms with Crippen LogP contribution in [0.1, 0.15) is 13.8 Å². The molecule has 0 unspecified atom stereocenters. The Balaban J connectivity index is 2.64. The average Bonchev–Trinajstić information content (AvgIpc) is 2.19. The van der Waals surface area contributed by atoms with Gasteiger partial charge in [0.1, 0.15) is 0 Å². The van der Waals surface area contributed by atoms with Crippen LogP contribution >= 0.6 is 0 Å². The van der Waals surface area contributed by atoms with Crippen molar-refractivity contribution in [3.05, 3.63) is 30.3 Å². The zero-order valence-electron chi connectivity index (χ0n) is 8.25. The van der Waals surface area contributed by atoms with E-state index in [2.05, 4.69) is 36.8 Å². The van der Waals surface area contributed by atoms with Gasteiger partial charge in [-0.2, -0.15) is 0 Å². The van der Waals surface area contributed by atoms with E-state index in [0.717, 1.165) is 18.8 Å². The van der Waals surface area contributed by atoms with Crippen LogP contribution in [0.2, 0.25) is 0 Å². The molecular weight excluding hydrogens is 162 g/mol. The lowest BCUT2D eigenvalue weighted by atomic mass is 10.3. The third kappa shape index (κ3) is 3.05. The topological polar surface area (TPSA) is 27.3 Å². The summed E-state index contributed by atoms with van der Waals surface area (Å²) in [5, 5.41) is 1.94. The quantitative estimate of drug-likeness (QED) is 0.671. The first-order valence-electron chi connectivity index (χ1n) is 4.70. The number of benzene rings is 1. The molecule has 2 N–H and O–H groups in total. The molecule has 0 amide bonds. The van der Waals surface area contributed by atoms with Gasteiger partial charge in [-0.05, 0) is 12.1 Å². The molecule has 0 aliphatic heterocycles. The summed E-state index contributed by atoms with van der Waals surface area (Å²) in [6, 6.07) is 10.2. The fraction of sp³-hybridized carbons (Fsp3) is 0.400. The molecule has 1 aromatic carbocycles. The molecule has 0 heterocycles. The van der Waals surface area contributed by atoms with E-state index in [1.807, 2.05) is 23.3 Å². The predicted molar refractivity (Wildman–Crippen MR) is 56.3 cm³/mol. The third-order valence-corrected chi connectivity index (χ3v) is 1.65. The van der Waals surface area contributed by atoms with Gasteiger partial charge in [0.2, 0.25) is 0 Å². The van der Waals surface area contributed by atoms with Gasteiger partial charge in [0.05, 0.1) is 5.69 Å². The molecule has 13 heavy (non-hydrogen) atoms. The van der Waals surface area contributed by atoms with Crippen molar-refractivity contribution in [2.75, 3.05) is 18.2 Å². The largest absolute Gasteiger partial charge is 0.242 e. The van der Waals surface area contributed by atoms with E-state index in [1.54, 1.807) is 0 Å². The van der Waals surface area contributed by atoms with E-state index in [4.69, 9.17) is 0 Å². The summed E-state index contributed by atoms with van der Waals surface area (Å²) < 4.78 is 0. The summed E-state index contributed by atoms with van der Waals surface area (Å²) in [6.07, 6.45) is 0. The van der Waals surface area contributed by atoms with Crippen LogP contribution in [0.15, 0.2) is 30.3 Å². The zero-order valence-corrected chi connectivity index (χ0v) is 8.25. The maximum atomic E-state index is 3.22. The van der Waals surface area contributed by atoms with Crippen molar-refractivity contribution in [2.24, 2.45) is 0 Å². The normalized spacial score (nSPS) is 10.0. The summed E-state index contributed by atoms with van der Waals surface area (Å²) >= 11 is 0. The van der Waals surface area contributed by atoms with Crippen LogP contribution in [0.4, 0.5) is 5.69 Å². The summed E-state index contributed by atoms with van der Waals surface area (Å²) in [4.78, 5) is 0. The monoisotopic (exact) mass is 179 g/mol. The van der Waals surface area contributed by atoms with Crippen LogP contribution in [-0.4, -0.2) is 13.1 Å². The number of hydrogen-bond acceptors (Lipinski definition) is 3. The van der Waals surface area contributed by atoms with Gasteiger partial charge in [-0.1, -0.05) is 32.0 Å². The molecule has 0 aliphatic carbocycles. The van der Waals surface area contributed by atoms with Gasteiger partial charge in [-0.15, -0.1) is 0 Å². The van der Waals surface area contributed by atoms with Crippen LogP contribution in [-0.2, 0) is 0 Å². The van der Waals surface area contributed by atoms with Crippen molar-refractivity contribution in [3.63, 3.8) is 0 Å². The zero-order chi connectivity index (χ0) is 9.52. The smallest absolute Gasteiger partial charge is 0.0702 e. The predicted octanol–water partition coefficient (Wildman–Crippen LogP) is 1.54. The molecule has 3 nitrogen and oxygen atoms in total. The molecule has 0 radical (unpaired) electrons. The Hall–Kier alpha value is -1.06. The Morgan fingerprint density at radius 3 is 2.00 bits per heavy atom. The molecule has 0 bridgehead atoms. The highest BCUT2D eigenvalue weighted by Crippen LogP contribution is 2.07. The Morgan fingerprint density at radius 2 is 1.54 bits per heavy atom. The van der Waals surface area contributed by atoms with Crippen LogP contribution in [0, 0.1) is 0 Å². The van der Waals surface area contributed by atoms with Gasteiger partial charge in [0, 0.05) is 13.1 Å². The minimum Gasteiger partial charge on any atom is -0.242 e. The first-order chi connectivity index (χ1) is 6.38. The average molecular weight is 179 g/mol. The van der Waals surface area contributed by atoms with Crippen molar-refractivity contribution < 1.29 is 0 Å². The lowest BCUT2D eigenvalue weighted by Gasteiger charge is -2.24. The summed E-state index contributed by atoms with van der Waals surface area (Å²) in [5.41, 5.74) is 7.57. The molecule has 3 heteroatoms. The number of nitrogens with zero attached hydrogens (tertiary/aromatic N) is 1. The van der Waals surface area contributed by atoms with Crippen molar-refractivity contribution in [2.45, 2.75) is 13.8 Å². The second-order valence-electron chi connectivity index (χ2n) is 2.69. The number of hydrazine groups is 2. The Labute approximate surface area is 79.7 Å². The van der Waals surface area contributed by atoms with E-state index < -0.39 is 0 Å². The molecule has 0 aliphatic rings.